The first-order chi connectivity index (χ1) is 10.0. The molecule has 0 saturated carbocycles. The molecule has 1 unspecified atom stereocenters. The first-order valence-electron chi connectivity index (χ1n) is 6.75. The summed E-state index contributed by atoms with van der Waals surface area (Å²) in [6, 6.07) is 6.03. The van der Waals surface area contributed by atoms with Crippen molar-refractivity contribution < 1.29 is 9.13 Å². The van der Waals surface area contributed by atoms with Gasteiger partial charge in [0.2, 0.25) is 0 Å². The van der Waals surface area contributed by atoms with Crippen LogP contribution in [-0.4, -0.2) is 18.1 Å². The van der Waals surface area contributed by atoms with Crippen molar-refractivity contribution in [3.63, 3.8) is 0 Å². The molecule has 21 heavy (non-hydrogen) atoms. The predicted molar refractivity (Wildman–Crippen MR) is 82.3 cm³/mol. The molecular weight excluding hydrogens is 291 g/mol. The molecule has 2 aromatic rings. The number of halogens is 2. The van der Waals surface area contributed by atoms with Crippen molar-refractivity contribution in [3.05, 3.63) is 58.6 Å². The summed E-state index contributed by atoms with van der Waals surface area (Å²) < 4.78 is 19.7. The summed E-state index contributed by atoms with van der Waals surface area (Å²) in [6.07, 6.45) is 3.39. The van der Waals surface area contributed by atoms with Gasteiger partial charge >= 0.3 is 0 Å². The predicted octanol–water partition coefficient (Wildman–Crippen LogP) is 3.97. The second-order valence-electron chi connectivity index (χ2n) is 5.01. The van der Waals surface area contributed by atoms with E-state index in [1.54, 1.807) is 25.5 Å². The number of nitrogens with zero attached hydrogens (tertiary/aromatic N) is 1. The number of aromatic nitrogens is 1. The van der Waals surface area contributed by atoms with Gasteiger partial charge in [0.15, 0.2) is 0 Å². The van der Waals surface area contributed by atoms with E-state index < -0.39 is 0 Å². The Labute approximate surface area is 129 Å². The normalized spacial score (nSPS) is 12.5. The Kier molecular flexibility index (Phi) is 5.15. The zero-order valence-corrected chi connectivity index (χ0v) is 13.0. The van der Waals surface area contributed by atoms with E-state index in [0.717, 1.165) is 5.56 Å². The Morgan fingerprint density at radius 3 is 2.67 bits per heavy atom. The summed E-state index contributed by atoms with van der Waals surface area (Å²) in [5.41, 5.74) is 1.30. The third-order valence-corrected chi connectivity index (χ3v) is 3.23. The van der Waals surface area contributed by atoms with Crippen LogP contribution >= 0.6 is 11.6 Å². The van der Waals surface area contributed by atoms with Crippen LogP contribution in [0.5, 0.6) is 5.75 Å². The molecule has 1 atom stereocenters. The smallest absolute Gasteiger partial charge is 0.138 e. The summed E-state index contributed by atoms with van der Waals surface area (Å²) in [7, 11) is 1.76. The van der Waals surface area contributed by atoms with Crippen molar-refractivity contribution in [2.75, 3.05) is 7.05 Å². The van der Waals surface area contributed by atoms with Crippen LogP contribution in [0.2, 0.25) is 5.02 Å². The summed E-state index contributed by atoms with van der Waals surface area (Å²) in [5.74, 6) is 0.346. The van der Waals surface area contributed by atoms with Gasteiger partial charge in [-0.3, -0.25) is 4.98 Å². The van der Waals surface area contributed by atoms with Crippen molar-refractivity contribution in [1.29, 1.82) is 0 Å². The summed E-state index contributed by atoms with van der Waals surface area (Å²) in [4.78, 5) is 4.16. The number of rotatable bonds is 5. The molecule has 0 bridgehead atoms. The molecule has 112 valence electrons. The van der Waals surface area contributed by atoms with Crippen LogP contribution < -0.4 is 10.1 Å². The zero-order valence-electron chi connectivity index (χ0n) is 12.2. The Hall–Kier alpha value is -1.65. The van der Waals surface area contributed by atoms with Gasteiger partial charge in [-0.15, -0.1) is 0 Å². The lowest BCUT2D eigenvalue weighted by atomic mass is 9.99. The Bertz CT molecular complexity index is 619. The van der Waals surface area contributed by atoms with Crippen LogP contribution in [-0.2, 0) is 0 Å². The minimum atomic E-state index is -0.341. The van der Waals surface area contributed by atoms with Crippen molar-refractivity contribution in [2.24, 2.45) is 0 Å². The fourth-order valence-corrected chi connectivity index (χ4v) is 2.35. The van der Waals surface area contributed by atoms with Gasteiger partial charge in [0, 0.05) is 16.8 Å². The highest BCUT2D eigenvalue weighted by Crippen LogP contribution is 2.28. The number of hydrogen-bond acceptors (Lipinski definition) is 3. The monoisotopic (exact) mass is 308 g/mol. The van der Waals surface area contributed by atoms with Crippen LogP contribution in [0.4, 0.5) is 4.39 Å². The van der Waals surface area contributed by atoms with E-state index in [4.69, 9.17) is 16.3 Å². The van der Waals surface area contributed by atoms with Crippen LogP contribution in [0.15, 0.2) is 36.7 Å². The van der Waals surface area contributed by atoms with Gasteiger partial charge in [-0.25, -0.2) is 4.39 Å². The lowest BCUT2D eigenvalue weighted by Crippen LogP contribution is -2.19. The van der Waals surface area contributed by atoms with Crippen molar-refractivity contribution in [2.45, 2.75) is 26.0 Å². The molecule has 0 aliphatic carbocycles. The lowest BCUT2D eigenvalue weighted by Gasteiger charge is -2.19. The van der Waals surface area contributed by atoms with E-state index >= 15 is 0 Å². The maximum absolute atomic E-state index is 14.1. The summed E-state index contributed by atoms with van der Waals surface area (Å²) in [5, 5.41) is 3.58. The molecule has 1 aromatic heterocycles. The number of ether oxygens (including phenoxy) is 1. The van der Waals surface area contributed by atoms with Gasteiger partial charge in [-0.05, 0) is 50.7 Å². The standard InChI is InChI=1S/C16H18ClFN2O/c1-10(2)21-13-6-11(8-20-9-13)16(19-3)14-7-12(17)4-5-15(14)18/h4-10,16,19H,1-3H3. The maximum Gasteiger partial charge on any atom is 0.138 e. The van der Waals surface area contributed by atoms with Crippen LogP contribution in [0.3, 0.4) is 0 Å². The highest BCUT2D eigenvalue weighted by Gasteiger charge is 2.18. The minimum Gasteiger partial charge on any atom is -0.489 e. The van der Waals surface area contributed by atoms with E-state index in [0.29, 0.717) is 16.3 Å². The molecule has 2 rings (SSSR count). The molecule has 0 fully saturated rings. The first-order valence-corrected chi connectivity index (χ1v) is 7.13. The summed E-state index contributed by atoms with van der Waals surface area (Å²) in [6.45, 7) is 3.89. The van der Waals surface area contributed by atoms with Gasteiger partial charge in [0.1, 0.15) is 11.6 Å². The van der Waals surface area contributed by atoms with Crippen LogP contribution in [0.25, 0.3) is 0 Å². The molecule has 0 aliphatic rings. The van der Waals surface area contributed by atoms with Crippen LogP contribution in [0.1, 0.15) is 31.0 Å². The van der Waals surface area contributed by atoms with Gasteiger partial charge in [0.05, 0.1) is 18.3 Å². The number of hydrogen-bond donors (Lipinski definition) is 1. The highest BCUT2D eigenvalue weighted by molar-refractivity contribution is 6.30. The molecule has 1 N–H and O–H groups in total. The Morgan fingerprint density at radius 1 is 1.24 bits per heavy atom. The van der Waals surface area contributed by atoms with Gasteiger partial charge in [0.25, 0.3) is 0 Å². The molecule has 0 radical (unpaired) electrons. The maximum atomic E-state index is 14.1. The SMILES string of the molecule is CNC(c1cncc(OC(C)C)c1)c1cc(Cl)ccc1F. The molecule has 3 nitrogen and oxygen atoms in total. The Morgan fingerprint density at radius 2 is 2.00 bits per heavy atom. The quantitative estimate of drug-likeness (QED) is 0.907. The average Bonchev–Trinajstić information content (AvgIpc) is 2.43. The molecule has 1 heterocycles. The topological polar surface area (TPSA) is 34.2 Å². The van der Waals surface area contributed by atoms with Gasteiger partial charge in [-0.1, -0.05) is 11.6 Å². The number of benzene rings is 1. The highest BCUT2D eigenvalue weighted by atomic mass is 35.5. The van der Waals surface area contributed by atoms with E-state index in [-0.39, 0.29) is 18.0 Å². The summed E-state index contributed by atoms with van der Waals surface area (Å²) >= 11 is 5.97. The van der Waals surface area contributed by atoms with Gasteiger partial charge < -0.3 is 10.1 Å². The molecular formula is C16H18ClFN2O. The second kappa shape index (κ2) is 6.87. The van der Waals surface area contributed by atoms with Crippen LogP contribution in [0, 0.1) is 5.82 Å². The Balaban J connectivity index is 2.39. The zero-order chi connectivity index (χ0) is 15.4. The average molecular weight is 309 g/mol. The van der Waals surface area contributed by atoms with E-state index in [1.165, 1.54) is 12.1 Å². The molecule has 1 aromatic carbocycles. The fourth-order valence-electron chi connectivity index (χ4n) is 2.17. The molecule has 0 aliphatic heterocycles. The third kappa shape index (κ3) is 3.93. The second-order valence-corrected chi connectivity index (χ2v) is 5.44. The fraction of sp³-hybridized carbons (Fsp3) is 0.312. The van der Waals surface area contributed by atoms with Crippen molar-refractivity contribution in [1.82, 2.24) is 10.3 Å². The lowest BCUT2D eigenvalue weighted by molar-refractivity contribution is 0.241. The third-order valence-electron chi connectivity index (χ3n) is 3.00. The van der Waals surface area contributed by atoms with E-state index in [2.05, 4.69) is 10.3 Å². The van der Waals surface area contributed by atoms with Crippen molar-refractivity contribution >= 4 is 11.6 Å². The number of pyridine rings is 1. The number of nitrogens with one attached hydrogen (secondary N) is 1. The first kappa shape index (κ1) is 15.7. The van der Waals surface area contributed by atoms with Gasteiger partial charge in [-0.2, -0.15) is 0 Å². The minimum absolute atomic E-state index is 0.0537. The van der Waals surface area contributed by atoms with Crippen molar-refractivity contribution in [3.8, 4) is 5.75 Å². The molecule has 0 amide bonds. The van der Waals surface area contributed by atoms with E-state index in [9.17, 15) is 4.39 Å². The van der Waals surface area contributed by atoms with E-state index in [1.807, 2.05) is 19.9 Å². The molecule has 0 spiro atoms. The molecule has 5 heteroatoms. The largest absolute Gasteiger partial charge is 0.489 e. The molecule has 0 saturated heterocycles.